The molecule has 122 valence electrons. The van der Waals surface area contributed by atoms with Crippen LogP contribution in [0.25, 0.3) is 0 Å². The maximum absolute atomic E-state index is 12.4. The van der Waals surface area contributed by atoms with Crippen molar-refractivity contribution in [1.29, 1.82) is 0 Å². The van der Waals surface area contributed by atoms with E-state index in [1.165, 1.54) is 26.0 Å². The largest absolute Gasteiger partial charge is 0.479 e. The predicted octanol–water partition coefficient (Wildman–Crippen LogP) is 0.866. The van der Waals surface area contributed by atoms with Gasteiger partial charge in [-0.25, -0.2) is 0 Å². The van der Waals surface area contributed by atoms with Gasteiger partial charge in [-0.1, -0.05) is 0 Å². The second-order valence-corrected chi connectivity index (χ2v) is 6.14. The molecule has 22 heavy (non-hydrogen) atoms. The van der Waals surface area contributed by atoms with Gasteiger partial charge in [-0.05, 0) is 31.0 Å². The van der Waals surface area contributed by atoms with Gasteiger partial charge in [0, 0.05) is 26.2 Å². The van der Waals surface area contributed by atoms with Crippen LogP contribution in [0.2, 0.25) is 0 Å². The third-order valence-corrected chi connectivity index (χ3v) is 4.12. The number of aromatic nitrogens is 1. The standard InChI is InChI=1S/C15H23N3O4/c1-17(8-11-3-4-11)9-12-10-18(5-6-21-12)15(19)13-7-14(20-2)16-22-13/h7,11-12H,3-6,8-10H2,1-2H3/t12-/m1/s1. The molecule has 1 amide bonds. The Morgan fingerprint density at radius 3 is 3.00 bits per heavy atom. The van der Waals surface area contributed by atoms with Crippen LogP contribution in [0.15, 0.2) is 10.6 Å². The summed E-state index contributed by atoms with van der Waals surface area (Å²) in [7, 11) is 3.61. The molecule has 2 aliphatic rings. The second kappa shape index (κ2) is 6.66. The zero-order valence-corrected chi connectivity index (χ0v) is 13.2. The lowest BCUT2D eigenvalue weighted by atomic mass is 10.2. The Hall–Kier alpha value is -1.60. The van der Waals surface area contributed by atoms with E-state index in [4.69, 9.17) is 14.0 Å². The minimum absolute atomic E-state index is 0.0475. The van der Waals surface area contributed by atoms with Crippen LogP contribution in [-0.4, -0.2) is 73.9 Å². The van der Waals surface area contributed by atoms with Crippen molar-refractivity contribution in [2.24, 2.45) is 5.92 Å². The molecule has 1 saturated carbocycles. The Bertz CT molecular complexity index is 515. The highest BCUT2D eigenvalue weighted by Gasteiger charge is 2.29. The molecular formula is C15H23N3O4. The fraction of sp³-hybridized carbons (Fsp3) is 0.733. The third-order valence-electron chi connectivity index (χ3n) is 4.12. The Balaban J connectivity index is 1.53. The van der Waals surface area contributed by atoms with E-state index in [9.17, 15) is 4.79 Å². The molecule has 0 unspecified atom stereocenters. The van der Waals surface area contributed by atoms with Crippen LogP contribution in [0.3, 0.4) is 0 Å². The van der Waals surface area contributed by atoms with Crippen molar-refractivity contribution in [2.75, 3.05) is 46.9 Å². The first kappa shape index (κ1) is 15.3. The molecule has 0 radical (unpaired) electrons. The molecule has 1 atom stereocenters. The topological polar surface area (TPSA) is 68.0 Å². The minimum Gasteiger partial charge on any atom is -0.479 e. The summed E-state index contributed by atoms with van der Waals surface area (Å²) in [4.78, 5) is 16.5. The number of hydrogen-bond acceptors (Lipinski definition) is 6. The molecule has 1 aromatic rings. The van der Waals surface area contributed by atoms with E-state index in [-0.39, 0.29) is 17.8 Å². The average molecular weight is 309 g/mol. The van der Waals surface area contributed by atoms with E-state index >= 15 is 0 Å². The first-order valence-corrected chi connectivity index (χ1v) is 7.76. The number of rotatable bonds is 6. The Morgan fingerprint density at radius 2 is 2.32 bits per heavy atom. The summed E-state index contributed by atoms with van der Waals surface area (Å²) >= 11 is 0. The maximum Gasteiger partial charge on any atom is 0.292 e. The van der Waals surface area contributed by atoms with Crippen molar-refractivity contribution < 1.29 is 18.8 Å². The smallest absolute Gasteiger partial charge is 0.292 e. The van der Waals surface area contributed by atoms with Crippen LogP contribution in [0.4, 0.5) is 0 Å². The predicted molar refractivity (Wildman–Crippen MR) is 78.9 cm³/mol. The van der Waals surface area contributed by atoms with Gasteiger partial charge in [-0.15, -0.1) is 0 Å². The van der Waals surface area contributed by atoms with Gasteiger partial charge < -0.3 is 23.8 Å². The number of nitrogens with zero attached hydrogens (tertiary/aromatic N) is 3. The van der Waals surface area contributed by atoms with E-state index in [0.717, 1.165) is 19.0 Å². The van der Waals surface area contributed by atoms with Crippen LogP contribution in [0.1, 0.15) is 23.4 Å². The van der Waals surface area contributed by atoms with Gasteiger partial charge in [-0.2, -0.15) is 0 Å². The number of hydrogen-bond donors (Lipinski definition) is 0. The van der Waals surface area contributed by atoms with E-state index < -0.39 is 0 Å². The maximum atomic E-state index is 12.4. The van der Waals surface area contributed by atoms with Crippen LogP contribution < -0.4 is 4.74 Å². The molecule has 1 aromatic heterocycles. The molecule has 0 N–H and O–H groups in total. The first-order valence-electron chi connectivity index (χ1n) is 7.76. The fourth-order valence-corrected chi connectivity index (χ4v) is 2.79. The normalized spacial score (nSPS) is 22.1. The number of ether oxygens (including phenoxy) is 2. The van der Waals surface area contributed by atoms with Crippen molar-refractivity contribution in [1.82, 2.24) is 15.0 Å². The molecule has 7 heteroatoms. The summed E-state index contributed by atoms with van der Waals surface area (Å²) in [5.74, 6) is 1.23. The molecular weight excluding hydrogens is 286 g/mol. The van der Waals surface area contributed by atoms with Gasteiger partial charge in [0.05, 0.1) is 25.9 Å². The number of methoxy groups -OCH3 is 1. The lowest BCUT2D eigenvalue weighted by molar-refractivity contribution is -0.0343. The van der Waals surface area contributed by atoms with Crippen LogP contribution >= 0.6 is 0 Å². The zero-order valence-electron chi connectivity index (χ0n) is 13.2. The van der Waals surface area contributed by atoms with Gasteiger partial charge in [0.25, 0.3) is 11.8 Å². The third kappa shape index (κ3) is 3.78. The lowest BCUT2D eigenvalue weighted by Crippen LogP contribution is -2.49. The van der Waals surface area contributed by atoms with Crippen molar-refractivity contribution in [2.45, 2.75) is 18.9 Å². The minimum atomic E-state index is -0.158. The van der Waals surface area contributed by atoms with Gasteiger partial charge >= 0.3 is 0 Å². The van der Waals surface area contributed by atoms with Crippen molar-refractivity contribution in [3.05, 3.63) is 11.8 Å². The van der Waals surface area contributed by atoms with Crippen molar-refractivity contribution >= 4 is 5.91 Å². The summed E-state index contributed by atoms with van der Waals surface area (Å²) in [5.41, 5.74) is 0. The summed E-state index contributed by atoms with van der Waals surface area (Å²) in [6, 6.07) is 1.52. The highest BCUT2D eigenvalue weighted by atomic mass is 16.5. The van der Waals surface area contributed by atoms with Crippen LogP contribution in [0, 0.1) is 5.92 Å². The van der Waals surface area contributed by atoms with E-state index in [1.54, 1.807) is 4.90 Å². The number of likely N-dealkylation sites (N-methyl/N-ethyl adjacent to an activating group) is 1. The molecule has 2 heterocycles. The van der Waals surface area contributed by atoms with E-state index in [2.05, 4.69) is 17.1 Å². The summed E-state index contributed by atoms with van der Waals surface area (Å²) in [6.45, 7) is 3.67. The first-order chi connectivity index (χ1) is 10.7. The molecule has 1 saturated heterocycles. The van der Waals surface area contributed by atoms with Crippen LogP contribution in [-0.2, 0) is 4.74 Å². The monoisotopic (exact) mass is 309 g/mol. The molecule has 0 spiro atoms. The lowest BCUT2D eigenvalue weighted by Gasteiger charge is -2.34. The quantitative estimate of drug-likeness (QED) is 0.776. The summed E-state index contributed by atoms with van der Waals surface area (Å²) < 4.78 is 15.8. The van der Waals surface area contributed by atoms with Gasteiger partial charge in [-0.3, -0.25) is 4.79 Å². The Kier molecular flexibility index (Phi) is 4.63. The summed E-state index contributed by atoms with van der Waals surface area (Å²) in [5, 5.41) is 3.67. The van der Waals surface area contributed by atoms with Gasteiger partial charge in [0.2, 0.25) is 5.76 Å². The second-order valence-electron chi connectivity index (χ2n) is 6.14. The number of carbonyl (C=O) groups excluding carboxylic acids is 1. The van der Waals surface area contributed by atoms with Gasteiger partial charge in [0.15, 0.2) is 0 Å². The molecule has 7 nitrogen and oxygen atoms in total. The molecule has 0 aromatic carbocycles. The van der Waals surface area contributed by atoms with Crippen molar-refractivity contribution in [3.8, 4) is 5.88 Å². The molecule has 0 bridgehead atoms. The number of carbonyl (C=O) groups is 1. The Labute approximate surface area is 130 Å². The van der Waals surface area contributed by atoms with E-state index in [0.29, 0.717) is 25.6 Å². The molecule has 3 rings (SSSR count). The molecule has 2 fully saturated rings. The van der Waals surface area contributed by atoms with Crippen molar-refractivity contribution in [3.63, 3.8) is 0 Å². The highest BCUT2D eigenvalue weighted by Crippen LogP contribution is 2.29. The zero-order chi connectivity index (χ0) is 15.5. The highest BCUT2D eigenvalue weighted by molar-refractivity contribution is 5.91. The molecule has 1 aliphatic carbocycles. The van der Waals surface area contributed by atoms with E-state index in [1.807, 2.05) is 0 Å². The Morgan fingerprint density at radius 1 is 1.50 bits per heavy atom. The SMILES string of the molecule is COc1cc(C(=O)N2CCO[C@H](CN(C)CC3CC3)C2)on1. The van der Waals surface area contributed by atoms with Gasteiger partial charge in [0.1, 0.15) is 0 Å². The number of amides is 1. The molecule has 1 aliphatic heterocycles. The average Bonchev–Trinajstić information content (AvgIpc) is 3.19. The fourth-order valence-electron chi connectivity index (χ4n) is 2.79. The summed E-state index contributed by atoms with van der Waals surface area (Å²) in [6.07, 6.45) is 2.73. The van der Waals surface area contributed by atoms with Crippen LogP contribution in [0.5, 0.6) is 5.88 Å². The number of morpholine rings is 1.